The molecule has 1 saturated heterocycles. The van der Waals surface area contributed by atoms with E-state index in [1.54, 1.807) is 0 Å². The molecule has 7 heteroatoms. The predicted octanol–water partition coefficient (Wildman–Crippen LogP) is 1.67. The van der Waals surface area contributed by atoms with Crippen LogP contribution in [0.5, 0.6) is 0 Å². The fourth-order valence-corrected chi connectivity index (χ4v) is 3.59. The molecule has 3 rings (SSSR count). The molecule has 2 unspecified atom stereocenters. The van der Waals surface area contributed by atoms with Crippen molar-refractivity contribution in [2.45, 2.75) is 32.4 Å². The van der Waals surface area contributed by atoms with E-state index in [0.29, 0.717) is 36.5 Å². The zero-order valence-corrected chi connectivity index (χ0v) is 12.5. The summed E-state index contributed by atoms with van der Waals surface area (Å²) in [5.41, 5.74) is 0.630. The molecular formula is C14H17N3O3S. The lowest BCUT2D eigenvalue weighted by molar-refractivity contribution is -0.144. The molecule has 2 atom stereocenters. The van der Waals surface area contributed by atoms with Crippen LogP contribution in [0.4, 0.5) is 0 Å². The van der Waals surface area contributed by atoms with Crippen molar-refractivity contribution >= 4 is 27.5 Å². The molecule has 0 spiro atoms. The average molecular weight is 307 g/mol. The molecule has 2 N–H and O–H groups in total. The molecule has 0 aliphatic carbocycles. The number of thiophene rings is 1. The summed E-state index contributed by atoms with van der Waals surface area (Å²) in [6, 6.07) is 2.02. The van der Waals surface area contributed by atoms with E-state index in [2.05, 4.69) is 14.9 Å². The Morgan fingerprint density at radius 2 is 2.43 bits per heavy atom. The van der Waals surface area contributed by atoms with Gasteiger partial charge in [0.1, 0.15) is 10.5 Å². The van der Waals surface area contributed by atoms with Crippen molar-refractivity contribution in [3.63, 3.8) is 0 Å². The van der Waals surface area contributed by atoms with Gasteiger partial charge in [-0.1, -0.05) is 0 Å². The van der Waals surface area contributed by atoms with Crippen LogP contribution >= 0.6 is 11.3 Å². The summed E-state index contributed by atoms with van der Waals surface area (Å²) in [6.45, 7) is 3.29. The number of likely N-dealkylation sites (tertiary alicyclic amines) is 1. The Balaban J connectivity index is 1.76. The van der Waals surface area contributed by atoms with Gasteiger partial charge in [0.15, 0.2) is 0 Å². The van der Waals surface area contributed by atoms with Gasteiger partial charge in [0.2, 0.25) is 0 Å². The number of H-pyrrole nitrogens is 1. The summed E-state index contributed by atoms with van der Waals surface area (Å²) in [5, 5.41) is 10.9. The van der Waals surface area contributed by atoms with Gasteiger partial charge in [-0.15, -0.1) is 11.3 Å². The normalized spacial score (nSPS) is 23.5. The summed E-state index contributed by atoms with van der Waals surface area (Å²) in [6.07, 6.45) is 1.28. The van der Waals surface area contributed by atoms with Gasteiger partial charge in [0.05, 0.1) is 18.0 Å². The zero-order valence-electron chi connectivity index (χ0n) is 11.7. The van der Waals surface area contributed by atoms with Gasteiger partial charge in [0, 0.05) is 6.04 Å². The highest BCUT2D eigenvalue weighted by Crippen LogP contribution is 2.24. The number of aromatic amines is 1. The van der Waals surface area contributed by atoms with Gasteiger partial charge in [-0.05, 0) is 37.8 Å². The molecule has 0 saturated carbocycles. The second-order valence-electron chi connectivity index (χ2n) is 5.53. The van der Waals surface area contributed by atoms with Gasteiger partial charge < -0.3 is 10.1 Å². The highest BCUT2D eigenvalue weighted by Gasteiger charge is 2.29. The molecule has 112 valence electrons. The van der Waals surface area contributed by atoms with Crippen molar-refractivity contribution in [2.24, 2.45) is 5.92 Å². The van der Waals surface area contributed by atoms with Crippen LogP contribution in [-0.2, 0) is 11.3 Å². The number of piperidine rings is 1. The molecular weight excluding hydrogens is 290 g/mol. The Morgan fingerprint density at radius 1 is 1.62 bits per heavy atom. The highest BCUT2D eigenvalue weighted by atomic mass is 32.1. The molecule has 2 aromatic heterocycles. The Kier molecular flexibility index (Phi) is 3.77. The molecule has 0 bridgehead atoms. The Morgan fingerprint density at radius 3 is 3.14 bits per heavy atom. The first-order valence-corrected chi connectivity index (χ1v) is 7.86. The molecule has 2 aromatic rings. The summed E-state index contributed by atoms with van der Waals surface area (Å²) < 4.78 is 0.649. The van der Waals surface area contributed by atoms with E-state index in [-0.39, 0.29) is 17.5 Å². The summed E-state index contributed by atoms with van der Waals surface area (Å²) in [5.74, 6) is -0.332. The fourth-order valence-electron chi connectivity index (χ4n) is 2.87. The quantitative estimate of drug-likeness (QED) is 0.901. The lowest BCUT2D eigenvalue weighted by Crippen LogP contribution is -2.42. The number of carbonyl (C=O) groups is 1. The predicted molar refractivity (Wildman–Crippen MR) is 80.5 cm³/mol. The zero-order chi connectivity index (χ0) is 15.0. The monoisotopic (exact) mass is 307 g/mol. The van der Waals surface area contributed by atoms with Gasteiger partial charge >= 0.3 is 5.97 Å². The number of fused-ring (bicyclic) bond motifs is 1. The van der Waals surface area contributed by atoms with Crippen molar-refractivity contribution in [3.8, 4) is 0 Å². The maximum atomic E-state index is 11.9. The van der Waals surface area contributed by atoms with E-state index in [4.69, 9.17) is 5.11 Å². The lowest BCUT2D eigenvalue weighted by atomic mass is 9.92. The van der Waals surface area contributed by atoms with Crippen LogP contribution < -0.4 is 5.56 Å². The van der Waals surface area contributed by atoms with Crippen molar-refractivity contribution in [2.75, 3.05) is 6.54 Å². The third-order valence-electron chi connectivity index (χ3n) is 4.08. The van der Waals surface area contributed by atoms with Crippen molar-refractivity contribution in [1.82, 2.24) is 14.9 Å². The Hall–Kier alpha value is -1.73. The molecule has 0 aromatic carbocycles. The van der Waals surface area contributed by atoms with E-state index < -0.39 is 5.97 Å². The van der Waals surface area contributed by atoms with E-state index in [0.717, 1.165) is 5.52 Å². The lowest BCUT2D eigenvalue weighted by Gasteiger charge is -2.35. The number of rotatable bonds is 3. The van der Waals surface area contributed by atoms with Crippen LogP contribution in [0.25, 0.3) is 10.2 Å². The molecule has 1 aliphatic rings. The first-order valence-electron chi connectivity index (χ1n) is 6.98. The SMILES string of the molecule is CC1CC(C(=O)O)CCN1Cc1nc2ccsc2c(=O)[nH]1. The van der Waals surface area contributed by atoms with Gasteiger partial charge in [-0.3, -0.25) is 14.5 Å². The number of aliphatic carboxylic acids is 1. The van der Waals surface area contributed by atoms with Gasteiger partial charge in [0.25, 0.3) is 5.56 Å². The molecule has 1 fully saturated rings. The number of carboxylic acid groups (broad SMARTS) is 1. The average Bonchev–Trinajstić information content (AvgIpc) is 2.89. The second-order valence-corrected chi connectivity index (χ2v) is 6.44. The molecule has 0 amide bonds. The summed E-state index contributed by atoms with van der Waals surface area (Å²) in [7, 11) is 0. The molecule has 1 aliphatic heterocycles. The number of aromatic nitrogens is 2. The van der Waals surface area contributed by atoms with Crippen molar-refractivity contribution in [3.05, 3.63) is 27.6 Å². The molecule has 6 nitrogen and oxygen atoms in total. The minimum absolute atomic E-state index is 0.0990. The fraction of sp³-hybridized carbons (Fsp3) is 0.500. The number of carboxylic acids is 1. The van der Waals surface area contributed by atoms with Crippen LogP contribution in [0.15, 0.2) is 16.2 Å². The third kappa shape index (κ3) is 2.84. The van der Waals surface area contributed by atoms with Gasteiger partial charge in [-0.2, -0.15) is 0 Å². The highest BCUT2D eigenvalue weighted by molar-refractivity contribution is 7.17. The van der Waals surface area contributed by atoms with Crippen LogP contribution in [-0.4, -0.2) is 38.5 Å². The maximum absolute atomic E-state index is 11.9. The first kappa shape index (κ1) is 14.2. The Labute approximate surface area is 125 Å². The number of nitrogens with zero attached hydrogens (tertiary/aromatic N) is 2. The first-order chi connectivity index (χ1) is 10.0. The third-order valence-corrected chi connectivity index (χ3v) is 4.98. The minimum atomic E-state index is -0.715. The van der Waals surface area contributed by atoms with E-state index in [1.165, 1.54) is 11.3 Å². The van der Waals surface area contributed by atoms with Crippen LogP contribution in [0, 0.1) is 5.92 Å². The molecule has 3 heterocycles. The minimum Gasteiger partial charge on any atom is -0.481 e. The van der Waals surface area contributed by atoms with E-state index in [9.17, 15) is 9.59 Å². The van der Waals surface area contributed by atoms with Crippen molar-refractivity contribution < 1.29 is 9.90 Å². The summed E-state index contributed by atoms with van der Waals surface area (Å²) >= 11 is 1.39. The standard InChI is InChI=1S/C14H17N3O3S/c1-8-6-9(14(19)20)2-4-17(8)7-11-15-10-3-5-21-12(10)13(18)16-11/h3,5,8-9H,2,4,6-7H2,1H3,(H,19,20)(H,15,16,18). The van der Waals surface area contributed by atoms with Gasteiger partial charge in [-0.25, -0.2) is 4.98 Å². The largest absolute Gasteiger partial charge is 0.481 e. The Bertz CT molecular complexity index is 724. The van der Waals surface area contributed by atoms with E-state index >= 15 is 0 Å². The van der Waals surface area contributed by atoms with Crippen LogP contribution in [0.1, 0.15) is 25.6 Å². The van der Waals surface area contributed by atoms with E-state index in [1.807, 2.05) is 18.4 Å². The summed E-state index contributed by atoms with van der Waals surface area (Å²) in [4.78, 5) is 32.5. The smallest absolute Gasteiger partial charge is 0.306 e. The number of hydrogen-bond donors (Lipinski definition) is 2. The van der Waals surface area contributed by atoms with Crippen molar-refractivity contribution in [1.29, 1.82) is 0 Å². The maximum Gasteiger partial charge on any atom is 0.306 e. The second kappa shape index (κ2) is 5.57. The van der Waals surface area contributed by atoms with Crippen LogP contribution in [0.2, 0.25) is 0 Å². The number of nitrogens with one attached hydrogen (secondary N) is 1. The molecule has 0 radical (unpaired) electrons. The number of hydrogen-bond acceptors (Lipinski definition) is 5. The van der Waals surface area contributed by atoms with Crippen LogP contribution in [0.3, 0.4) is 0 Å². The molecule has 21 heavy (non-hydrogen) atoms. The topological polar surface area (TPSA) is 86.3 Å².